The molecule has 0 aromatic rings. The van der Waals surface area contributed by atoms with Crippen LogP contribution in [-0.4, -0.2) is 24.0 Å². The fourth-order valence-electron chi connectivity index (χ4n) is 2.24. The second-order valence-corrected chi connectivity index (χ2v) is 5.18. The number of hydrogen-bond donors (Lipinski definition) is 1. The summed E-state index contributed by atoms with van der Waals surface area (Å²) in [4.78, 5) is 11.5. The van der Waals surface area contributed by atoms with E-state index in [-0.39, 0.29) is 24.8 Å². The summed E-state index contributed by atoms with van der Waals surface area (Å²) in [6.45, 7) is 0. The Morgan fingerprint density at radius 3 is 2.28 bits per heavy atom. The second kappa shape index (κ2) is 7.22. The minimum atomic E-state index is -4.09. The topological polar surface area (TPSA) is 29.1 Å². The minimum absolute atomic E-state index is 0.0735. The average molecular weight is 286 g/mol. The smallest absolute Gasteiger partial charge is 0.353 e. The Morgan fingerprint density at radius 1 is 1.17 bits per heavy atom. The summed E-state index contributed by atoms with van der Waals surface area (Å²) in [5.74, 6) is -0.735. The van der Waals surface area contributed by atoms with Gasteiger partial charge < -0.3 is 5.32 Å². The number of rotatable bonds is 5. The highest BCUT2D eigenvalue weighted by Crippen LogP contribution is 2.37. The van der Waals surface area contributed by atoms with Gasteiger partial charge in [-0.05, 0) is 38.5 Å². The highest BCUT2D eigenvalue weighted by Gasteiger charge is 2.41. The second-order valence-electron chi connectivity index (χ2n) is 4.80. The number of nitrogens with one attached hydrogen (secondary N) is 1. The Balaban J connectivity index is 2.21. The molecule has 0 heterocycles. The normalized spacial score (nSPS) is 24.9. The fraction of sp³-hybridized carbons (Fsp3) is 0.917. The maximum Gasteiger partial charge on any atom is 0.391 e. The van der Waals surface area contributed by atoms with Crippen LogP contribution in [0.2, 0.25) is 0 Å². The lowest BCUT2D eigenvalue weighted by atomic mass is 9.85. The first kappa shape index (κ1) is 15.6. The monoisotopic (exact) mass is 285 g/mol. The van der Waals surface area contributed by atoms with E-state index in [4.69, 9.17) is 11.6 Å². The van der Waals surface area contributed by atoms with Gasteiger partial charge in [-0.2, -0.15) is 13.2 Å². The molecular formula is C12H19ClF3NO. The summed E-state index contributed by atoms with van der Waals surface area (Å²) < 4.78 is 37.3. The van der Waals surface area contributed by atoms with Gasteiger partial charge in [0.25, 0.3) is 0 Å². The molecule has 1 rings (SSSR count). The predicted molar refractivity (Wildman–Crippen MR) is 64.5 cm³/mol. The first-order chi connectivity index (χ1) is 8.43. The maximum absolute atomic E-state index is 12.4. The summed E-state index contributed by atoms with van der Waals surface area (Å²) in [6, 6.07) is -0.0906. The van der Waals surface area contributed by atoms with Crippen LogP contribution in [0.15, 0.2) is 0 Å². The SMILES string of the molecule is O=C(CCCCCl)NC1CCC(C(F)(F)F)CC1. The van der Waals surface area contributed by atoms with E-state index in [1.165, 1.54) is 0 Å². The average Bonchev–Trinajstić information content (AvgIpc) is 2.29. The lowest BCUT2D eigenvalue weighted by Crippen LogP contribution is -2.39. The highest BCUT2D eigenvalue weighted by atomic mass is 35.5. The molecule has 1 aliphatic carbocycles. The molecule has 1 fully saturated rings. The van der Waals surface area contributed by atoms with Crippen molar-refractivity contribution < 1.29 is 18.0 Å². The van der Waals surface area contributed by atoms with Crippen molar-refractivity contribution in [3.63, 3.8) is 0 Å². The van der Waals surface area contributed by atoms with Crippen LogP contribution < -0.4 is 5.32 Å². The van der Waals surface area contributed by atoms with Crippen molar-refractivity contribution in [3.05, 3.63) is 0 Å². The van der Waals surface area contributed by atoms with Crippen LogP contribution in [0, 0.1) is 5.92 Å². The third-order valence-electron chi connectivity index (χ3n) is 3.34. The van der Waals surface area contributed by atoms with Gasteiger partial charge in [-0.25, -0.2) is 0 Å². The van der Waals surface area contributed by atoms with E-state index in [0.717, 1.165) is 12.8 Å². The van der Waals surface area contributed by atoms with Gasteiger partial charge in [0.2, 0.25) is 5.91 Å². The Labute approximate surface area is 110 Å². The Hall–Kier alpha value is -0.450. The number of carbonyl (C=O) groups excluding carboxylic acids is 1. The fourth-order valence-corrected chi connectivity index (χ4v) is 2.43. The lowest BCUT2D eigenvalue weighted by molar-refractivity contribution is -0.182. The van der Waals surface area contributed by atoms with Gasteiger partial charge in [0.15, 0.2) is 0 Å². The molecule has 106 valence electrons. The first-order valence-corrected chi connectivity index (χ1v) is 6.89. The third kappa shape index (κ3) is 5.46. The lowest BCUT2D eigenvalue weighted by Gasteiger charge is -2.30. The molecule has 2 nitrogen and oxygen atoms in total. The number of carbonyl (C=O) groups is 1. The van der Waals surface area contributed by atoms with Crippen molar-refractivity contribution in [1.29, 1.82) is 0 Å². The zero-order chi connectivity index (χ0) is 13.6. The van der Waals surface area contributed by atoms with Crippen molar-refractivity contribution in [1.82, 2.24) is 5.32 Å². The molecule has 18 heavy (non-hydrogen) atoms. The van der Waals surface area contributed by atoms with Crippen molar-refractivity contribution in [3.8, 4) is 0 Å². The molecule has 0 bridgehead atoms. The van der Waals surface area contributed by atoms with Crippen molar-refractivity contribution >= 4 is 17.5 Å². The number of hydrogen-bond acceptors (Lipinski definition) is 1. The van der Waals surface area contributed by atoms with Crippen LogP contribution in [0.3, 0.4) is 0 Å². The molecule has 0 aromatic carbocycles. The van der Waals surface area contributed by atoms with Gasteiger partial charge in [0.1, 0.15) is 0 Å². The summed E-state index contributed by atoms with van der Waals surface area (Å²) in [5, 5.41) is 2.80. The molecule has 0 aliphatic heterocycles. The van der Waals surface area contributed by atoms with Gasteiger partial charge in [-0.1, -0.05) is 0 Å². The number of alkyl halides is 4. The first-order valence-electron chi connectivity index (χ1n) is 6.35. The molecule has 0 atom stereocenters. The van der Waals surface area contributed by atoms with Crippen LogP contribution in [-0.2, 0) is 4.79 Å². The Bertz CT molecular complexity index is 263. The van der Waals surface area contributed by atoms with Crippen LogP contribution >= 0.6 is 11.6 Å². The van der Waals surface area contributed by atoms with Gasteiger partial charge in [0.05, 0.1) is 5.92 Å². The molecule has 1 aliphatic rings. The van der Waals surface area contributed by atoms with Crippen LogP contribution in [0.25, 0.3) is 0 Å². The number of amides is 1. The molecule has 6 heteroatoms. The van der Waals surface area contributed by atoms with Gasteiger partial charge in [0, 0.05) is 18.3 Å². The number of unbranched alkanes of at least 4 members (excludes halogenated alkanes) is 1. The van der Waals surface area contributed by atoms with Gasteiger partial charge in [-0.15, -0.1) is 11.6 Å². The van der Waals surface area contributed by atoms with Crippen LogP contribution in [0.4, 0.5) is 13.2 Å². The quantitative estimate of drug-likeness (QED) is 0.606. The molecule has 1 N–H and O–H groups in total. The van der Waals surface area contributed by atoms with E-state index in [2.05, 4.69) is 5.32 Å². The molecule has 0 aromatic heterocycles. The largest absolute Gasteiger partial charge is 0.391 e. The zero-order valence-corrected chi connectivity index (χ0v) is 11.0. The van der Waals surface area contributed by atoms with E-state index in [0.29, 0.717) is 25.1 Å². The molecule has 0 saturated heterocycles. The van der Waals surface area contributed by atoms with E-state index in [9.17, 15) is 18.0 Å². The zero-order valence-electron chi connectivity index (χ0n) is 10.2. The van der Waals surface area contributed by atoms with E-state index >= 15 is 0 Å². The molecule has 0 unspecified atom stereocenters. The molecule has 1 saturated carbocycles. The maximum atomic E-state index is 12.4. The summed E-state index contributed by atoms with van der Waals surface area (Å²) in [7, 11) is 0. The van der Waals surface area contributed by atoms with Crippen molar-refractivity contribution in [2.75, 3.05) is 5.88 Å². The van der Waals surface area contributed by atoms with Gasteiger partial charge in [-0.3, -0.25) is 4.79 Å². The highest BCUT2D eigenvalue weighted by molar-refractivity contribution is 6.17. The standard InChI is InChI=1S/C12H19ClF3NO/c13-8-2-1-3-11(18)17-10-6-4-9(5-7-10)12(14,15)16/h9-10H,1-8H2,(H,17,18). The van der Waals surface area contributed by atoms with Crippen LogP contribution in [0.1, 0.15) is 44.9 Å². The van der Waals surface area contributed by atoms with E-state index in [1.807, 2.05) is 0 Å². The molecule has 1 amide bonds. The summed E-state index contributed by atoms with van der Waals surface area (Å²) >= 11 is 5.50. The summed E-state index contributed by atoms with van der Waals surface area (Å²) in [6.07, 6.45) is -1.08. The summed E-state index contributed by atoms with van der Waals surface area (Å²) in [5.41, 5.74) is 0. The molecule has 0 radical (unpaired) electrons. The Morgan fingerprint density at radius 2 is 1.78 bits per heavy atom. The van der Waals surface area contributed by atoms with E-state index < -0.39 is 12.1 Å². The van der Waals surface area contributed by atoms with Crippen molar-refractivity contribution in [2.45, 2.75) is 57.2 Å². The van der Waals surface area contributed by atoms with Gasteiger partial charge >= 0.3 is 6.18 Å². The predicted octanol–water partition coefficient (Wildman–Crippen LogP) is 3.63. The van der Waals surface area contributed by atoms with E-state index in [1.54, 1.807) is 0 Å². The van der Waals surface area contributed by atoms with Crippen LogP contribution in [0.5, 0.6) is 0 Å². The Kier molecular flexibility index (Phi) is 6.26. The number of halogens is 4. The minimum Gasteiger partial charge on any atom is -0.353 e. The molecular weight excluding hydrogens is 267 g/mol. The third-order valence-corrected chi connectivity index (χ3v) is 3.61. The molecule has 0 spiro atoms. The van der Waals surface area contributed by atoms with Crippen molar-refractivity contribution in [2.24, 2.45) is 5.92 Å².